The van der Waals surface area contributed by atoms with Crippen LogP contribution in [0.15, 0.2) is 41.2 Å². The molecule has 0 spiro atoms. The molecule has 0 saturated carbocycles. The van der Waals surface area contributed by atoms with E-state index in [1.807, 2.05) is 38.2 Å². The Labute approximate surface area is 210 Å². The molecule has 1 aromatic carbocycles. The van der Waals surface area contributed by atoms with Crippen LogP contribution in [-0.4, -0.2) is 36.0 Å². The summed E-state index contributed by atoms with van der Waals surface area (Å²) in [6.45, 7) is 9.22. The molecule has 0 atom stereocenters. The fourth-order valence-electron chi connectivity index (χ4n) is 5.15. The van der Waals surface area contributed by atoms with Crippen LogP contribution in [0.4, 0.5) is 0 Å². The van der Waals surface area contributed by atoms with Crippen molar-refractivity contribution in [1.29, 1.82) is 0 Å². The largest absolute Gasteiger partial charge is 0.481 e. The number of pyridine rings is 1. The van der Waals surface area contributed by atoms with Crippen LogP contribution in [0.25, 0.3) is 23.0 Å². The van der Waals surface area contributed by atoms with Crippen LogP contribution in [0, 0.1) is 19.3 Å². The molecule has 8 nitrogen and oxygen atoms in total. The molecule has 0 radical (unpaired) electrons. The first-order chi connectivity index (χ1) is 17.2. The van der Waals surface area contributed by atoms with E-state index in [0.29, 0.717) is 24.7 Å². The van der Waals surface area contributed by atoms with Gasteiger partial charge in [-0.25, -0.2) is 0 Å². The van der Waals surface area contributed by atoms with Crippen LogP contribution in [0.3, 0.4) is 0 Å². The molecule has 8 heteroatoms. The monoisotopic (exact) mass is 485 g/mol. The Morgan fingerprint density at radius 2 is 2.00 bits per heavy atom. The smallest absolute Gasteiger partial charge is 0.303 e. The summed E-state index contributed by atoms with van der Waals surface area (Å²) in [5.74, 6) is 0.138. The van der Waals surface area contributed by atoms with Gasteiger partial charge >= 0.3 is 5.97 Å². The van der Waals surface area contributed by atoms with Gasteiger partial charge in [0.05, 0.1) is 6.54 Å². The van der Waals surface area contributed by atoms with Crippen LogP contribution in [-0.2, 0) is 30.6 Å². The fraction of sp³-hybridized carbons (Fsp3) is 0.393. The number of hydrogen-bond donors (Lipinski definition) is 1. The van der Waals surface area contributed by atoms with E-state index < -0.39 is 5.97 Å². The third-order valence-electron chi connectivity index (χ3n) is 7.09. The van der Waals surface area contributed by atoms with Crippen molar-refractivity contribution in [1.82, 2.24) is 24.9 Å². The van der Waals surface area contributed by atoms with Gasteiger partial charge in [-0.05, 0) is 85.4 Å². The summed E-state index contributed by atoms with van der Waals surface area (Å²) in [5, 5.41) is 18.3. The molecule has 0 unspecified atom stereocenters. The van der Waals surface area contributed by atoms with E-state index >= 15 is 0 Å². The number of carbonyl (C=O) groups is 1. The number of aryl methyl sites for hydroxylation is 2. The molecule has 1 N–H and O–H groups in total. The number of carboxylic acids is 1. The molecule has 1 aliphatic carbocycles. The summed E-state index contributed by atoms with van der Waals surface area (Å²) < 4.78 is 7.82. The highest BCUT2D eigenvalue weighted by molar-refractivity contribution is 5.68. The second-order valence-electron chi connectivity index (χ2n) is 10.5. The zero-order chi connectivity index (χ0) is 25.4. The zero-order valence-corrected chi connectivity index (χ0v) is 21.2. The minimum absolute atomic E-state index is 0.108. The van der Waals surface area contributed by atoms with Gasteiger partial charge in [0.2, 0.25) is 5.82 Å². The van der Waals surface area contributed by atoms with Gasteiger partial charge in [-0.3, -0.25) is 14.5 Å². The molecule has 5 rings (SSSR count). The van der Waals surface area contributed by atoms with E-state index in [1.165, 1.54) is 11.3 Å². The molecule has 4 aromatic rings. The average molecular weight is 486 g/mol. The van der Waals surface area contributed by atoms with Gasteiger partial charge in [0, 0.05) is 35.6 Å². The number of hydrogen-bond acceptors (Lipinski definition) is 6. The Balaban J connectivity index is 1.49. The quantitative estimate of drug-likeness (QED) is 0.384. The van der Waals surface area contributed by atoms with E-state index in [-0.39, 0.29) is 11.8 Å². The van der Waals surface area contributed by atoms with Crippen molar-refractivity contribution in [3.63, 3.8) is 0 Å². The van der Waals surface area contributed by atoms with Gasteiger partial charge < -0.3 is 9.63 Å². The van der Waals surface area contributed by atoms with Gasteiger partial charge in [-0.1, -0.05) is 25.1 Å². The highest BCUT2D eigenvalue weighted by atomic mass is 16.5. The van der Waals surface area contributed by atoms with Crippen molar-refractivity contribution in [2.24, 2.45) is 5.41 Å². The van der Waals surface area contributed by atoms with Gasteiger partial charge in [0.1, 0.15) is 0 Å². The lowest BCUT2D eigenvalue weighted by Gasteiger charge is -2.30. The van der Waals surface area contributed by atoms with Crippen LogP contribution < -0.4 is 0 Å². The maximum atomic E-state index is 11.0. The van der Waals surface area contributed by atoms with Crippen molar-refractivity contribution in [3.05, 3.63) is 70.2 Å². The zero-order valence-electron chi connectivity index (χ0n) is 21.2. The first kappa shape index (κ1) is 23.9. The van der Waals surface area contributed by atoms with E-state index in [0.717, 1.165) is 52.8 Å². The molecule has 1 aliphatic rings. The topological polar surface area (TPSA) is 107 Å². The number of aromatic nitrogens is 5. The summed E-state index contributed by atoms with van der Waals surface area (Å²) >= 11 is 0. The number of nitrogens with zero attached hydrogens (tertiary/aromatic N) is 5. The van der Waals surface area contributed by atoms with Crippen LogP contribution in [0.2, 0.25) is 0 Å². The molecule has 0 bridgehead atoms. The van der Waals surface area contributed by atoms with Crippen LogP contribution >= 0.6 is 0 Å². The molecule has 186 valence electrons. The van der Waals surface area contributed by atoms with Crippen molar-refractivity contribution in [3.8, 4) is 23.0 Å². The normalized spacial score (nSPS) is 14.6. The lowest BCUT2D eigenvalue weighted by molar-refractivity contribution is -0.136. The summed E-state index contributed by atoms with van der Waals surface area (Å²) in [5.41, 5.74) is 8.42. The van der Waals surface area contributed by atoms with Gasteiger partial charge in [0.25, 0.3) is 5.89 Å². The maximum absolute atomic E-state index is 11.0. The molecule has 3 aromatic heterocycles. The highest BCUT2D eigenvalue weighted by Gasteiger charge is 2.33. The molecule has 36 heavy (non-hydrogen) atoms. The second kappa shape index (κ2) is 9.33. The highest BCUT2D eigenvalue weighted by Crippen LogP contribution is 2.39. The number of rotatable bonds is 7. The third-order valence-corrected chi connectivity index (χ3v) is 7.09. The van der Waals surface area contributed by atoms with Crippen LogP contribution in [0.5, 0.6) is 0 Å². The Morgan fingerprint density at radius 3 is 2.69 bits per heavy atom. The summed E-state index contributed by atoms with van der Waals surface area (Å²) in [7, 11) is 0. The predicted molar refractivity (Wildman–Crippen MR) is 136 cm³/mol. The lowest BCUT2D eigenvalue weighted by Crippen LogP contribution is -2.24. The Morgan fingerprint density at radius 1 is 1.22 bits per heavy atom. The van der Waals surface area contributed by atoms with Gasteiger partial charge in [-0.15, -0.1) is 0 Å². The summed E-state index contributed by atoms with van der Waals surface area (Å²) in [6, 6.07) is 8.00. The molecule has 0 fully saturated rings. The lowest BCUT2D eigenvalue weighted by atomic mass is 9.76. The van der Waals surface area contributed by atoms with E-state index in [2.05, 4.69) is 34.7 Å². The number of benzene rings is 1. The minimum Gasteiger partial charge on any atom is -0.481 e. The second-order valence-corrected chi connectivity index (χ2v) is 10.5. The SMILES string of the molecule is Cc1cc(-c2noc(-c3nn(Cc4cccnc4)c4c3CCC(C)(C)C4)n2)cc(C)c1CCC(=O)O. The number of fused-ring (bicyclic) bond motifs is 1. The Kier molecular flexibility index (Phi) is 6.20. The van der Waals surface area contributed by atoms with E-state index in [4.69, 9.17) is 19.7 Å². The average Bonchev–Trinajstić information content (AvgIpc) is 3.43. The van der Waals surface area contributed by atoms with Crippen molar-refractivity contribution < 1.29 is 14.4 Å². The Hall–Kier alpha value is -3.81. The minimum atomic E-state index is -0.796. The number of aliphatic carboxylic acids is 1. The maximum Gasteiger partial charge on any atom is 0.303 e. The molecule has 0 saturated heterocycles. The van der Waals surface area contributed by atoms with E-state index in [1.54, 1.807) is 6.20 Å². The standard InChI is InChI=1S/C28H31N5O3/c1-17-12-20(13-18(2)21(17)7-8-24(34)35)26-30-27(36-32-26)25-22-9-10-28(3,4)14-23(22)33(31-25)16-19-6-5-11-29-15-19/h5-6,11-13,15H,7-10,14,16H2,1-4H3,(H,34,35). The predicted octanol–water partition coefficient (Wildman–Crippen LogP) is 5.19. The summed E-state index contributed by atoms with van der Waals surface area (Å²) in [6.07, 6.45) is 7.18. The van der Waals surface area contributed by atoms with Crippen LogP contribution in [0.1, 0.15) is 60.2 Å². The van der Waals surface area contributed by atoms with Gasteiger partial charge in [0.15, 0.2) is 5.69 Å². The first-order valence-corrected chi connectivity index (χ1v) is 12.3. The van der Waals surface area contributed by atoms with Gasteiger partial charge in [-0.2, -0.15) is 10.1 Å². The molecular formula is C28H31N5O3. The molecule has 0 amide bonds. The Bertz CT molecular complexity index is 1400. The van der Waals surface area contributed by atoms with Crippen molar-refractivity contribution >= 4 is 5.97 Å². The molecule has 0 aliphatic heterocycles. The fourth-order valence-corrected chi connectivity index (χ4v) is 5.15. The third kappa shape index (κ3) is 4.80. The summed E-state index contributed by atoms with van der Waals surface area (Å²) in [4.78, 5) is 20.0. The molecular weight excluding hydrogens is 454 g/mol. The first-order valence-electron chi connectivity index (χ1n) is 12.3. The number of carboxylic acid groups (broad SMARTS) is 1. The van der Waals surface area contributed by atoms with Crippen molar-refractivity contribution in [2.75, 3.05) is 0 Å². The van der Waals surface area contributed by atoms with Crippen molar-refractivity contribution in [2.45, 2.75) is 66.3 Å². The van der Waals surface area contributed by atoms with E-state index in [9.17, 15) is 4.79 Å². The molecule has 3 heterocycles.